The average molecular weight is 383 g/mol. The molecule has 4 heterocycles. The molecule has 2 bridgehead atoms. The van der Waals surface area contributed by atoms with Crippen molar-refractivity contribution in [3.05, 3.63) is 29.8 Å². The smallest absolute Gasteiger partial charge is 0.340 e. The molecule has 2 N–H and O–H groups in total. The van der Waals surface area contributed by atoms with Gasteiger partial charge in [-0.05, 0) is 49.7 Å². The Hall–Kier alpha value is -2.08. The van der Waals surface area contributed by atoms with Gasteiger partial charge in [0, 0.05) is 50.2 Å². The van der Waals surface area contributed by atoms with Crippen molar-refractivity contribution in [1.29, 1.82) is 0 Å². The van der Waals surface area contributed by atoms with Crippen LogP contribution in [0.5, 0.6) is 0 Å². The van der Waals surface area contributed by atoms with Crippen LogP contribution in [0.4, 0.5) is 5.69 Å². The normalized spacial score (nSPS) is 35.1. The van der Waals surface area contributed by atoms with Crippen LogP contribution in [-0.4, -0.2) is 59.5 Å². The lowest BCUT2D eigenvalue weighted by Gasteiger charge is -2.57. The predicted octanol–water partition coefficient (Wildman–Crippen LogP) is 2.29. The minimum Gasteiger partial charge on any atom is -0.459 e. The number of hydrogen-bond acceptors (Lipinski definition) is 5. The molecule has 0 radical (unpaired) electrons. The zero-order valence-corrected chi connectivity index (χ0v) is 16.3. The maximum Gasteiger partial charge on any atom is 0.340 e. The molecule has 1 aromatic carbocycles. The quantitative estimate of drug-likeness (QED) is 0.626. The van der Waals surface area contributed by atoms with Crippen LogP contribution in [0.25, 0.3) is 0 Å². The maximum atomic E-state index is 12.6. The van der Waals surface area contributed by atoms with E-state index in [1.165, 1.54) is 12.8 Å². The summed E-state index contributed by atoms with van der Waals surface area (Å²) in [5.41, 5.74) is 6.85. The third kappa shape index (κ3) is 3.08. The lowest BCUT2D eigenvalue weighted by molar-refractivity contribution is -0.150. The number of benzene rings is 1. The fourth-order valence-corrected chi connectivity index (χ4v) is 6.06. The fourth-order valence-electron chi connectivity index (χ4n) is 6.06. The van der Waals surface area contributed by atoms with Gasteiger partial charge in [-0.3, -0.25) is 9.69 Å². The van der Waals surface area contributed by atoms with Crippen LogP contribution in [0, 0.1) is 11.8 Å². The molecule has 1 aromatic rings. The molecule has 1 amide bonds. The van der Waals surface area contributed by atoms with E-state index in [0.717, 1.165) is 38.9 Å². The number of nitrogens with two attached hydrogens (primary N) is 1. The molecular formula is C22H29N3O3. The van der Waals surface area contributed by atoms with E-state index in [9.17, 15) is 9.59 Å². The Kier molecular flexibility index (Phi) is 4.54. The van der Waals surface area contributed by atoms with Crippen molar-refractivity contribution in [3.63, 3.8) is 0 Å². The van der Waals surface area contributed by atoms with Crippen LogP contribution in [-0.2, 0) is 9.53 Å². The number of carbonyl (C=O) groups is 2. The largest absolute Gasteiger partial charge is 0.459 e. The molecule has 4 aliphatic rings. The van der Waals surface area contributed by atoms with E-state index in [-0.39, 0.29) is 12.1 Å². The van der Waals surface area contributed by atoms with Gasteiger partial charge >= 0.3 is 5.97 Å². The Balaban J connectivity index is 1.27. The van der Waals surface area contributed by atoms with Crippen molar-refractivity contribution in [3.8, 4) is 0 Å². The average Bonchev–Trinajstić information content (AvgIpc) is 2.70. The lowest BCUT2D eigenvalue weighted by Crippen LogP contribution is -2.65. The molecule has 5 rings (SSSR count). The molecule has 6 heteroatoms. The summed E-state index contributed by atoms with van der Waals surface area (Å²) in [6, 6.07) is 7.95. The molecule has 5 atom stereocenters. The number of piperidine rings is 4. The first-order valence-corrected chi connectivity index (χ1v) is 10.7. The number of esters is 1. The highest BCUT2D eigenvalue weighted by atomic mass is 16.5. The Morgan fingerprint density at radius 2 is 1.89 bits per heavy atom. The first-order chi connectivity index (χ1) is 13.6. The molecule has 0 unspecified atom stereocenters. The summed E-state index contributed by atoms with van der Waals surface area (Å²) < 4.78 is 5.85. The third-order valence-electron chi connectivity index (χ3n) is 7.37. The van der Waals surface area contributed by atoms with Crippen LogP contribution < -0.4 is 5.73 Å². The Bertz CT molecular complexity index is 782. The van der Waals surface area contributed by atoms with Crippen molar-refractivity contribution < 1.29 is 14.3 Å². The molecule has 4 fully saturated rings. The van der Waals surface area contributed by atoms with E-state index < -0.39 is 0 Å². The lowest BCUT2D eigenvalue weighted by atomic mass is 9.70. The summed E-state index contributed by atoms with van der Waals surface area (Å²) in [6.45, 7) is 2.94. The standard InChI is InChI=1S/C22H29N3O3/c23-18-5-2-1-4-17(18)22(27)28-16-8-9-24-12-14-10-15(20(24)11-16)13-25-19(14)6-3-7-21(25)26/h1-2,4-5,14-16,19-20H,3,6-13,23H2/t14-,15-,16-,19+,20-/m0/s1. The molecular weight excluding hydrogens is 354 g/mol. The second-order valence-corrected chi connectivity index (χ2v) is 8.96. The Morgan fingerprint density at radius 1 is 1.07 bits per heavy atom. The van der Waals surface area contributed by atoms with Crippen molar-refractivity contribution >= 4 is 17.6 Å². The second-order valence-electron chi connectivity index (χ2n) is 8.96. The number of hydrogen-bond donors (Lipinski definition) is 1. The number of nitrogen functional groups attached to an aromatic ring is 1. The van der Waals surface area contributed by atoms with Crippen molar-refractivity contribution in [2.75, 3.05) is 25.4 Å². The van der Waals surface area contributed by atoms with Crippen molar-refractivity contribution in [2.24, 2.45) is 11.8 Å². The summed E-state index contributed by atoms with van der Waals surface area (Å²) in [7, 11) is 0. The van der Waals surface area contributed by atoms with Gasteiger partial charge < -0.3 is 15.4 Å². The van der Waals surface area contributed by atoms with E-state index in [0.29, 0.717) is 47.5 Å². The van der Waals surface area contributed by atoms with E-state index in [2.05, 4.69) is 9.80 Å². The van der Waals surface area contributed by atoms with Crippen molar-refractivity contribution in [2.45, 2.75) is 56.7 Å². The number of anilines is 1. The fraction of sp³-hybridized carbons (Fsp3) is 0.636. The number of fused-ring (bicyclic) bond motifs is 6. The van der Waals surface area contributed by atoms with E-state index in [4.69, 9.17) is 10.5 Å². The molecule has 0 saturated carbocycles. The molecule has 0 aliphatic carbocycles. The molecule has 6 nitrogen and oxygen atoms in total. The Morgan fingerprint density at radius 3 is 2.75 bits per heavy atom. The molecule has 4 aliphatic heterocycles. The number of nitrogens with zero attached hydrogens (tertiary/aromatic N) is 2. The molecule has 0 aromatic heterocycles. The number of rotatable bonds is 2. The van der Waals surface area contributed by atoms with Gasteiger partial charge in [0.25, 0.3) is 0 Å². The Labute approximate surface area is 166 Å². The van der Waals surface area contributed by atoms with Crippen LogP contribution in [0.2, 0.25) is 0 Å². The van der Waals surface area contributed by atoms with Gasteiger partial charge in [0.15, 0.2) is 0 Å². The highest BCUT2D eigenvalue weighted by Gasteiger charge is 2.49. The number of carbonyl (C=O) groups excluding carboxylic acids is 2. The monoisotopic (exact) mass is 383 g/mol. The summed E-state index contributed by atoms with van der Waals surface area (Å²) in [5.74, 6) is 1.14. The van der Waals surface area contributed by atoms with Crippen LogP contribution >= 0.6 is 0 Å². The number of amides is 1. The third-order valence-corrected chi connectivity index (χ3v) is 7.37. The van der Waals surface area contributed by atoms with E-state index >= 15 is 0 Å². The number of ether oxygens (including phenoxy) is 1. The minimum absolute atomic E-state index is 0.0697. The summed E-state index contributed by atoms with van der Waals surface area (Å²) >= 11 is 0. The van der Waals surface area contributed by atoms with Gasteiger partial charge in [0.05, 0.1) is 5.56 Å². The topological polar surface area (TPSA) is 75.9 Å². The highest BCUT2D eigenvalue weighted by Crippen LogP contribution is 2.43. The number of para-hydroxylation sites is 1. The maximum absolute atomic E-state index is 12.6. The summed E-state index contributed by atoms with van der Waals surface area (Å²) in [4.78, 5) is 29.8. The summed E-state index contributed by atoms with van der Waals surface area (Å²) in [6.07, 6.45) is 5.81. The summed E-state index contributed by atoms with van der Waals surface area (Å²) in [5, 5.41) is 0. The van der Waals surface area contributed by atoms with E-state index in [1.54, 1.807) is 12.1 Å². The van der Waals surface area contributed by atoms with Gasteiger partial charge in [0.1, 0.15) is 6.10 Å². The molecule has 28 heavy (non-hydrogen) atoms. The zero-order valence-electron chi connectivity index (χ0n) is 16.3. The molecule has 150 valence electrons. The second kappa shape index (κ2) is 7.07. The van der Waals surface area contributed by atoms with Crippen molar-refractivity contribution in [1.82, 2.24) is 9.80 Å². The van der Waals surface area contributed by atoms with Crippen LogP contribution in [0.15, 0.2) is 24.3 Å². The van der Waals surface area contributed by atoms with Gasteiger partial charge in [0.2, 0.25) is 5.91 Å². The first kappa shape index (κ1) is 18.0. The molecule has 4 saturated heterocycles. The highest BCUT2D eigenvalue weighted by molar-refractivity contribution is 5.95. The van der Waals surface area contributed by atoms with Gasteiger partial charge in [-0.25, -0.2) is 4.79 Å². The van der Waals surface area contributed by atoms with Gasteiger partial charge in [-0.15, -0.1) is 0 Å². The molecule has 0 spiro atoms. The van der Waals surface area contributed by atoms with Gasteiger partial charge in [-0.2, -0.15) is 0 Å². The zero-order chi connectivity index (χ0) is 19.3. The predicted molar refractivity (Wildman–Crippen MR) is 106 cm³/mol. The van der Waals surface area contributed by atoms with E-state index in [1.807, 2.05) is 12.1 Å². The first-order valence-electron chi connectivity index (χ1n) is 10.7. The van der Waals surface area contributed by atoms with Crippen LogP contribution in [0.3, 0.4) is 0 Å². The minimum atomic E-state index is -0.319. The SMILES string of the molecule is Nc1ccccc1C(=O)O[C@H]1CCN2C[C@@H]3C[C@@H](CN4C(=O)CCC[C@H]34)[C@@H]2C1. The van der Waals surface area contributed by atoms with Crippen LogP contribution in [0.1, 0.15) is 48.9 Å². The van der Waals surface area contributed by atoms with Gasteiger partial charge in [-0.1, -0.05) is 12.1 Å².